The number of carbonyl (C=O) groups excluding carboxylic acids is 1. The maximum absolute atomic E-state index is 14.3. The highest BCUT2D eigenvalue weighted by atomic mass is 19.4. The van der Waals surface area contributed by atoms with Crippen LogP contribution in [0.5, 0.6) is 0 Å². The third-order valence-electron chi connectivity index (χ3n) is 3.46. The fraction of sp³-hybridized carbons (Fsp3) is 0.235. The minimum atomic E-state index is -5.91. The molecule has 1 unspecified atom stereocenters. The average molecular weight is 362 g/mol. The number of carbonyl (C=O) groups is 1. The number of hydrogen-bond acceptors (Lipinski definition) is 2. The average Bonchev–Trinajstić information content (AvgIpc) is 2.58. The third kappa shape index (κ3) is 3.78. The molecule has 0 aliphatic carbocycles. The van der Waals surface area contributed by atoms with Crippen LogP contribution in [0.25, 0.3) is 0 Å². The molecule has 1 atom stereocenters. The summed E-state index contributed by atoms with van der Waals surface area (Å²) in [4.78, 5) is 12.0. The van der Waals surface area contributed by atoms with Gasteiger partial charge in [0.1, 0.15) is 6.61 Å². The summed E-state index contributed by atoms with van der Waals surface area (Å²) in [6.45, 7) is -0.298. The molecule has 2 aromatic rings. The smallest absolute Gasteiger partial charge is 0.432 e. The van der Waals surface area contributed by atoms with Gasteiger partial charge in [-0.3, -0.25) is 0 Å². The van der Waals surface area contributed by atoms with Crippen molar-refractivity contribution in [3.63, 3.8) is 0 Å². The molecule has 134 valence electrons. The van der Waals surface area contributed by atoms with Gasteiger partial charge in [-0.1, -0.05) is 48.5 Å². The van der Waals surface area contributed by atoms with Crippen LogP contribution in [-0.4, -0.2) is 18.6 Å². The minimum absolute atomic E-state index is 0.298. The van der Waals surface area contributed by atoms with E-state index in [1.807, 2.05) is 0 Å². The summed E-state index contributed by atoms with van der Waals surface area (Å²) in [6, 6.07) is 11.5. The Morgan fingerprint density at radius 2 is 1.48 bits per heavy atom. The van der Waals surface area contributed by atoms with E-state index in [-0.39, 0.29) is 6.61 Å². The zero-order valence-electron chi connectivity index (χ0n) is 12.6. The molecular formula is C17H12F6O2. The van der Waals surface area contributed by atoms with E-state index in [2.05, 4.69) is 0 Å². The monoisotopic (exact) mass is 362 g/mol. The Bertz CT molecular complexity index is 729. The predicted molar refractivity (Wildman–Crippen MR) is 76.8 cm³/mol. The lowest BCUT2D eigenvalue weighted by molar-refractivity contribution is -0.274. The van der Waals surface area contributed by atoms with Gasteiger partial charge in [0.25, 0.3) is 12.1 Å². The van der Waals surface area contributed by atoms with Crippen LogP contribution in [0, 0.1) is 0 Å². The van der Waals surface area contributed by atoms with Gasteiger partial charge in [0.2, 0.25) is 0 Å². The summed E-state index contributed by atoms with van der Waals surface area (Å²) in [5, 5.41) is 0. The number of hydrogen-bond donors (Lipinski definition) is 0. The molecule has 2 rings (SSSR count). The molecule has 8 heteroatoms. The first-order valence-corrected chi connectivity index (χ1v) is 7.02. The van der Waals surface area contributed by atoms with E-state index >= 15 is 0 Å². The van der Waals surface area contributed by atoms with E-state index in [1.165, 1.54) is 0 Å². The first-order chi connectivity index (χ1) is 11.7. The lowest BCUT2D eigenvalue weighted by Gasteiger charge is -2.28. The van der Waals surface area contributed by atoms with Crippen molar-refractivity contribution in [1.29, 1.82) is 0 Å². The number of rotatable bonds is 5. The molecule has 25 heavy (non-hydrogen) atoms. The fourth-order valence-corrected chi connectivity index (χ4v) is 2.17. The second-order valence-electron chi connectivity index (χ2n) is 5.12. The van der Waals surface area contributed by atoms with Crippen LogP contribution >= 0.6 is 0 Å². The number of halogens is 6. The molecule has 0 saturated carbocycles. The largest absolute Gasteiger partial charge is 0.457 e. The Hall–Kier alpha value is -2.51. The number of esters is 1. The molecule has 0 saturated heterocycles. The molecule has 0 fully saturated rings. The Kier molecular flexibility index (Phi) is 5.39. The quantitative estimate of drug-likeness (QED) is 0.551. The van der Waals surface area contributed by atoms with Gasteiger partial charge in [0.05, 0.1) is 5.56 Å². The highest BCUT2D eigenvalue weighted by Gasteiger charge is 2.65. The molecule has 2 nitrogen and oxygen atoms in total. The molecule has 0 heterocycles. The van der Waals surface area contributed by atoms with E-state index in [4.69, 9.17) is 4.74 Å². The van der Waals surface area contributed by atoms with Crippen molar-refractivity contribution in [2.24, 2.45) is 0 Å². The number of alkyl halides is 6. The minimum Gasteiger partial charge on any atom is -0.457 e. The van der Waals surface area contributed by atoms with Crippen molar-refractivity contribution in [1.82, 2.24) is 0 Å². The molecular weight excluding hydrogens is 350 g/mol. The molecule has 0 N–H and O–H groups in total. The summed E-state index contributed by atoms with van der Waals surface area (Å²) < 4.78 is 83.7. The molecule has 0 aromatic heterocycles. The molecule has 0 bridgehead atoms. The van der Waals surface area contributed by atoms with E-state index in [0.717, 1.165) is 18.2 Å². The lowest BCUT2D eigenvalue weighted by atomic mass is 9.91. The summed E-state index contributed by atoms with van der Waals surface area (Å²) in [7, 11) is 0. The normalized spacial score (nSPS) is 14.2. The molecule has 0 spiro atoms. The lowest BCUT2D eigenvalue weighted by Crippen LogP contribution is -2.45. The Labute approximate surface area is 139 Å². The van der Waals surface area contributed by atoms with Crippen LogP contribution in [0.1, 0.15) is 21.5 Å². The van der Waals surface area contributed by atoms with Crippen LogP contribution in [0.2, 0.25) is 0 Å². The second-order valence-corrected chi connectivity index (χ2v) is 5.12. The van der Waals surface area contributed by atoms with Crippen molar-refractivity contribution in [3.05, 3.63) is 71.3 Å². The van der Waals surface area contributed by atoms with Crippen molar-refractivity contribution in [3.8, 4) is 0 Å². The first-order valence-electron chi connectivity index (χ1n) is 7.02. The summed E-state index contributed by atoms with van der Waals surface area (Å²) in [5.41, 5.74) is -6.83. The van der Waals surface area contributed by atoms with Gasteiger partial charge in [-0.05, 0) is 11.6 Å². The third-order valence-corrected chi connectivity index (χ3v) is 3.46. The van der Waals surface area contributed by atoms with Crippen LogP contribution in [0.4, 0.5) is 26.3 Å². The highest BCUT2D eigenvalue weighted by Crippen LogP contribution is 2.48. The number of benzene rings is 2. The Balaban J connectivity index is 2.35. The van der Waals surface area contributed by atoms with Gasteiger partial charge in [-0.15, -0.1) is 0 Å². The van der Waals surface area contributed by atoms with Gasteiger partial charge >= 0.3 is 12.1 Å². The molecule has 0 radical (unpaired) electrons. The standard InChI is InChI=1S/C17H12F6O2/c18-15(19)16(20,17(21,22)23)13-9-5-4-8-12(13)14(24)25-10-11-6-2-1-3-7-11/h1-9,15H,10H2. The Morgan fingerprint density at radius 3 is 2.04 bits per heavy atom. The van der Waals surface area contributed by atoms with Crippen molar-refractivity contribution in [2.75, 3.05) is 0 Å². The van der Waals surface area contributed by atoms with Gasteiger partial charge in [-0.25, -0.2) is 18.0 Å². The zero-order valence-corrected chi connectivity index (χ0v) is 12.6. The van der Waals surface area contributed by atoms with Crippen LogP contribution in [0.3, 0.4) is 0 Å². The van der Waals surface area contributed by atoms with Gasteiger partial charge in [0, 0.05) is 5.56 Å². The summed E-state index contributed by atoms with van der Waals surface area (Å²) in [5.74, 6) is -1.33. The molecule has 0 amide bonds. The SMILES string of the molecule is O=C(OCc1ccccc1)c1ccccc1C(F)(C(F)F)C(F)(F)F. The highest BCUT2D eigenvalue weighted by molar-refractivity contribution is 5.91. The van der Waals surface area contributed by atoms with Crippen LogP contribution in [0.15, 0.2) is 54.6 Å². The molecule has 0 aliphatic rings. The second kappa shape index (κ2) is 7.16. The van der Waals surface area contributed by atoms with Crippen LogP contribution in [-0.2, 0) is 17.0 Å². The van der Waals surface area contributed by atoms with Crippen molar-refractivity contribution < 1.29 is 35.9 Å². The topological polar surface area (TPSA) is 26.3 Å². The molecule has 2 aromatic carbocycles. The predicted octanol–water partition coefficient (Wildman–Crippen LogP) is 5.04. The van der Waals surface area contributed by atoms with E-state index in [9.17, 15) is 31.1 Å². The van der Waals surface area contributed by atoms with Gasteiger partial charge in [-0.2, -0.15) is 13.2 Å². The number of ether oxygens (including phenoxy) is 1. The van der Waals surface area contributed by atoms with Gasteiger partial charge in [0.15, 0.2) is 0 Å². The van der Waals surface area contributed by atoms with Gasteiger partial charge < -0.3 is 4.74 Å². The zero-order chi connectivity index (χ0) is 18.7. The maximum atomic E-state index is 14.3. The summed E-state index contributed by atoms with van der Waals surface area (Å²) in [6.07, 6.45) is -10.3. The van der Waals surface area contributed by atoms with Crippen molar-refractivity contribution >= 4 is 5.97 Å². The summed E-state index contributed by atoms with van der Waals surface area (Å²) >= 11 is 0. The molecule has 0 aliphatic heterocycles. The fourth-order valence-electron chi connectivity index (χ4n) is 2.17. The van der Waals surface area contributed by atoms with E-state index in [0.29, 0.717) is 11.6 Å². The maximum Gasteiger partial charge on any atom is 0.432 e. The van der Waals surface area contributed by atoms with Crippen LogP contribution < -0.4 is 0 Å². The first kappa shape index (κ1) is 18.8. The Morgan fingerprint density at radius 1 is 0.920 bits per heavy atom. The van der Waals surface area contributed by atoms with E-state index < -0.39 is 35.4 Å². The van der Waals surface area contributed by atoms with Crippen molar-refractivity contribution in [2.45, 2.75) is 24.9 Å². The van der Waals surface area contributed by atoms with E-state index in [1.54, 1.807) is 30.3 Å².